The molecule has 0 fully saturated rings. The average molecular weight is 288 g/mol. The van der Waals surface area contributed by atoms with E-state index >= 15 is 0 Å². The molecule has 1 aromatic carbocycles. The molecule has 1 atom stereocenters. The Morgan fingerprint density at radius 3 is 2.15 bits per heavy atom. The highest BCUT2D eigenvalue weighted by molar-refractivity contribution is 7.11. The molecule has 1 aromatic heterocycles. The molecule has 1 N–H and O–H groups in total. The van der Waals surface area contributed by atoms with E-state index in [4.69, 9.17) is 0 Å². The zero-order valence-corrected chi connectivity index (χ0v) is 14.1. The Bertz CT molecular complexity index is 576. The topological polar surface area (TPSA) is 24.9 Å². The number of benzene rings is 1. The van der Waals surface area contributed by atoms with Crippen LogP contribution < -0.4 is 5.32 Å². The van der Waals surface area contributed by atoms with Crippen LogP contribution in [0.5, 0.6) is 0 Å². The van der Waals surface area contributed by atoms with Crippen molar-refractivity contribution in [2.75, 3.05) is 5.32 Å². The Kier molecular flexibility index (Phi) is 4.19. The lowest BCUT2D eigenvalue weighted by molar-refractivity contribution is 0.590. The molecule has 0 aliphatic heterocycles. The second-order valence-electron chi connectivity index (χ2n) is 6.37. The number of nitrogens with one attached hydrogen (secondary N) is 1. The van der Waals surface area contributed by atoms with Gasteiger partial charge in [0.15, 0.2) is 0 Å². The minimum Gasteiger partial charge on any atom is -0.377 e. The molecule has 0 aliphatic rings. The second kappa shape index (κ2) is 5.57. The molecule has 1 unspecified atom stereocenters. The van der Waals surface area contributed by atoms with Gasteiger partial charge in [-0.2, -0.15) is 0 Å². The Morgan fingerprint density at radius 2 is 1.70 bits per heavy atom. The van der Waals surface area contributed by atoms with Crippen LogP contribution in [0.2, 0.25) is 0 Å². The molecule has 108 valence electrons. The molecule has 2 nitrogen and oxygen atoms in total. The van der Waals surface area contributed by atoms with Gasteiger partial charge in [-0.05, 0) is 43.9 Å². The third kappa shape index (κ3) is 3.40. The predicted molar refractivity (Wildman–Crippen MR) is 88.8 cm³/mol. The van der Waals surface area contributed by atoms with Gasteiger partial charge in [-0.1, -0.05) is 32.9 Å². The van der Waals surface area contributed by atoms with E-state index in [-0.39, 0.29) is 11.5 Å². The van der Waals surface area contributed by atoms with Crippen LogP contribution in [0.15, 0.2) is 24.3 Å². The second-order valence-corrected chi connectivity index (χ2v) is 7.78. The normalized spacial score (nSPS) is 13.3. The van der Waals surface area contributed by atoms with Crippen molar-refractivity contribution in [1.82, 2.24) is 4.98 Å². The van der Waals surface area contributed by atoms with Crippen LogP contribution in [0.3, 0.4) is 0 Å². The number of rotatable bonds is 3. The third-order valence-electron chi connectivity index (χ3n) is 3.48. The molecule has 0 saturated carbocycles. The minimum absolute atomic E-state index is 0.201. The Morgan fingerprint density at radius 1 is 1.10 bits per heavy atom. The van der Waals surface area contributed by atoms with Crippen molar-refractivity contribution in [2.45, 2.75) is 53.0 Å². The van der Waals surface area contributed by atoms with Crippen LogP contribution >= 0.6 is 11.3 Å². The summed E-state index contributed by atoms with van der Waals surface area (Å²) in [5.41, 5.74) is 3.87. The minimum atomic E-state index is 0.201. The number of thiazole rings is 1. The van der Waals surface area contributed by atoms with E-state index in [9.17, 15) is 0 Å². The van der Waals surface area contributed by atoms with Crippen molar-refractivity contribution >= 4 is 17.0 Å². The summed E-state index contributed by atoms with van der Waals surface area (Å²) in [7, 11) is 0. The lowest BCUT2D eigenvalue weighted by atomic mass is 9.87. The largest absolute Gasteiger partial charge is 0.377 e. The predicted octanol–water partition coefficient (Wildman–Crippen LogP) is 5.23. The Labute approximate surface area is 126 Å². The summed E-state index contributed by atoms with van der Waals surface area (Å²) >= 11 is 1.76. The molecule has 0 amide bonds. The fraction of sp³-hybridized carbons (Fsp3) is 0.471. The summed E-state index contributed by atoms with van der Waals surface area (Å²) in [6.45, 7) is 13.1. The van der Waals surface area contributed by atoms with E-state index in [1.807, 2.05) is 0 Å². The van der Waals surface area contributed by atoms with Crippen LogP contribution in [0.1, 0.15) is 54.9 Å². The SMILES string of the molecule is Cc1nc(C(C)Nc2ccc(C(C)(C)C)cc2)c(C)s1. The fourth-order valence-electron chi connectivity index (χ4n) is 2.33. The molecular formula is C17H24N2S. The molecule has 20 heavy (non-hydrogen) atoms. The van der Waals surface area contributed by atoms with Gasteiger partial charge in [0, 0.05) is 10.6 Å². The van der Waals surface area contributed by atoms with Crippen LogP contribution in [0, 0.1) is 13.8 Å². The van der Waals surface area contributed by atoms with Gasteiger partial charge in [0.05, 0.1) is 16.7 Å². The molecule has 0 bridgehead atoms. The van der Waals surface area contributed by atoms with Gasteiger partial charge in [0.1, 0.15) is 0 Å². The summed E-state index contributed by atoms with van der Waals surface area (Å²) in [6.07, 6.45) is 0. The quantitative estimate of drug-likeness (QED) is 0.836. The highest BCUT2D eigenvalue weighted by Crippen LogP contribution is 2.27. The van der Waals surface area contributed by atoms with Crippen LogP contribution in [0.4, 0.5) is 5.69 Å². The molecule has 3 heteroatoms. The van der Waals surface area contributed by atoms with Crippen molar-refractivity contribution in [3.8, 4) is 0 Å². The molecular weight excluding hydrogens is 264 g/mol. The van der Waals surface area contributed by atoms with E-state index in [0.29, 0.717) is 0 Å². The first kappa shape index (κ1) is 15.0. The van der Waals surface area contributed by atoms with Gasteiger partial charge < -0.3 is 5.32 Å². The van der Waals surface area contributed by atoms with Gasteiger partial charge in [0.2, 0.25) is 0 Å². The molecule has 0 spiro atoms. The molecule has 0 aliphatic carbocycles. The van der Waals surface area contributed by atoms with Gasteiger partial charge >= 0.3 is 0 Å². The highest BCUT2D eigenvalue weighted by Gasteiger charge is 2.15. The van der Waals surface area contributed by atoms with Crippen molar-refractivity contribution < 1.29 is 0 Å². The number of aryl methyl sites for hydroxylation is 2. The summed E-state index contributed by atoms with van der Waals surface area (Å²) in [5, 5.41) is 4.67. The summed E-state index contributed by atoms with van der Waals surface area (Å²) in [5.74, 6) is 0. The van der Waals surface area contributed by atoms with Crippen LogP contribution in [-0.2, 0) is 5.41 Å². The molecule has 1 heterocycles. The zero-order chi connectivity index (χ0) is 14.9. The maximum atomic E-state index is 4.62. The van der Waals surface area contributed by atoms with Gasteiger partial charge in [-0.25, -0.2) is 4.98 Å². The molecule has 0 saturated heterocycles. The van der Waals surface area contributed by atoms with Gasteiger partial charge in [0.25, 0.3) is 0 Å². The first-order valence-corrected chi connectivity index (χ1v) is 7.90. The number of anilines is 1. The van der Waals surface area contributed by atoms with Crippen molar-refractivity contribution in [2.24, 2.45) is 0 Å². The lowest BCUT2D eigenvalue weighted by Crippen LogP contribution is -2.12. The molecule has 0 radical (unpaired) electrons. The molecule has 2 rings (SSSR count). The van der Waals surface area contributed by atoms with Crippen LogP contribution in [-0.4, -0.2) is 4.98 Å². The Hall–Kier alpha value is -1.35. The van der Waals surface area contributed by atoms with E-state index in [0.717, 1.165) is 16.4 Å². The van der Waals surface area contributed by atoms with Gasteiger partial charge in [-0.15, -0.1) is 11.3 Å². The average Bonchev–Trinajstić information content (AvgIpc) is 2.68. The van der Waals surface area contributed by atoms with E-state index in [2.05, 4.69) is 76.1 Å². The fourth-order valence-corrected chi connectivity index (χ4v) is 3.25. The monoisotopic (exact) mass is 288 g/mol. The molecule has 2 aromatic rings. The maximum Gasteiger partial charge on any atom is 0.0901 e. The number of hydrogen-bond donors (Lipinski definition) is 1. The first-order valence-electron chi connectivity index (χ1n) is 7.08. The number of hydrogen-bond acceptors (Lipinski definition) is 3. The summed E-state index contributed by atoms with van der Waals surface area (Å²) < 4.78 is 0. The van der Waals surface area contributed by atoms with Crippen LogP contribution in [0.25, 0.3) is 0 Å². The van der Waals surface area contributed by atoms with E-state index in [1.54, 1.807) is 11.3 Å². The van der Waals surface area contributed by atoms with Crippen molar-refractivity contribution in [3.63, 3.8) is 0 Å². The highest BCUT2D eigenvalue weighted by atomic mass is 32.1. The van der Waals surface area contributed by atoms with Crippen molar-refractivity contribution in [1.29, 1.82) is 0 Å². The smallest absolute Gasteiger partial charge is 0.0901 e. The summed E-state index contributed by atoms with van der Waals surface area (Å²) in [6, 6.07) is 8.96. The maximum absolute atomic E-state index is 4.62. The van der Waals surface area contributed by atoms with E-state index in [1.165, 1.54) is 10.4 Å². The summed E-state index contributed by atoms with van der Waals surface area (Å²) in [4.78, 5) is 5.92. The standard InChI is InChI=1S/C17H24N2S/c1-11(16-12(2)20-13(3)19-16)18-15-9-7-14(8-10-15)17(4,5)6/h7-11,18H,1-6H3. The Balaban J connectivity index is 2.12. The third-order valence-corrected chi connectivity index (χ3v) is 4.39. The van der Waals surface area contributed by atoms with Gasteiger partial charge in [-0.3, -0.25) is 0 Å². The van der Waals surface area contributed by atoms with Crippen molar-refractivity contribution in [3.05, 3.63) is 45.4 Å². The van der Waals surface area contributed by atoms with E-state index < -0.39 is 0 Å². The first-order chi connectivity index (χ1) is 9.27. The number of nitrogens with zero attached hydrogens (tertiary/aromatic N) is 1. The zero-order valence-electron chi connectivity index (χ0n) is 13.2. The number of aromatic nitrogens is 1. The lowest BCUT2D eigenvalue weighted by Gasteiger charge is -2.20.